The molecule has 1 atom stereocenters. The highest BCUT2D eigenvalue weighted by Gasteiger charge is 2.34. The van der Waals surface area contributed by atoms with Crippen LogP contribution in [0, 0.1) is 0 Å². The van der Waals surface area contributed by atoms with Crippen LogP contribution in [0.3, 0.4) is 0 Å². The second-order valence-electron chi connectivity index (χ2n) is 7.94. The number of carbonyl (C=O) groups excluding carboxylic acids is 2. The summed E-state index contributed by atoms with van der Waals surface area (Å²) < 4.78 is 0. The summed E-state index contributed by atoms with van der Waals surface area (Å²) in [6.07, 6.45) is 11.5. The third-order valence-electron chi connectivity index (χ3n) is 6.07. The van der Waals surface area contributed by atoms with Crippen LogP contribution in [0.2, 0.25) is 0 Å². The molecule has 26 heavy (non-hydrogen) atoms. The van der Waals surface area contributed by atoms with Crippen molar-refractivity contribution in [3.63, 3.8) is 0 Å². The highest BCUT2D eigenvalue weighted by molar-refractivity contribution is 6.05. The van der Waals surface area contributed by atoms with Crippen LogP contribution in [0.25, 0.3) is 0 Å². The Morgan fingerprint density at radius 1 is 1.00 bits per heavy atom. The molecule has 0 aromatic heterocycles. The van der Waals surface area contributed by atoms with Gasteiger partial charge in [0.15, 0.2) is 0 Å². The predicted octanol–water partition coefficient (Wildman–Crippen LogP) is 3.84. The molecule has 0 bridgehead atoms. The predicted molar refractivity (Wildman–Crippen MR) is 104 cm³/mol. The number of amides is 2. The third-order valence-corrected chi connectivity index (χ3v) is 6.07. The number of hydrogen-bond donors (Lipinski definition) is 2. The second kappa shape index (κ2) is 7.68. The summed E-state index contributed by atoms with van der Waals surface area (Å²) in [5.41, 5.74) is 2.47. The number of hydrogen-bond acceptors (Lipinski definition) is 3. The fraction of sp³-hybridized carbons (Fsp3) is 0.619. The summed E-state index contributed by atoms with van der Waals surface area (Å²) in [6, 6.07) is 5.97. The van der Waals surface area contributed by atoms with Gasteiger partial charge in [0.25, 0.3) is 5.91 Å². The topological polar surface area (TPSA) is 61.4 Å². The summed E-state index contributed by atoms with van der Waals surface area (Å²) >= 11 is 0. The maximum atomic E-state index is 12.7. The fourth-order valence-corrected chi connectivity index (χ4v) is 4.61. The molecule has 0 unspecified atom stereocenters. The van der Waals surface area contributed by atoms with E-state index in [-0.39, 0.29) is 23.9 Å². The highest BCUT2D eigenvalue weighted by atomic mass is 16.2. The van der Waals surface area contributed by atoms with E-state index in [9.17, 15) is 9.59 Å². The number of nitrogens with one attached hydrogen (secondary N) is 2. The first-order valence-electron chi connectivity index (χ1n) is 10.2. The average Bonchev–Trinajstić information content (AvgIpc) is 2.63. The summed E-state index contributed by atoms with van der Waals surface area (Å²) in [4.78, 5) is 27.3. The van der Waals surface area contributed by atoms with Gasteiger partial charge in [-0.3, -0.25) is 9.59 Å². The van der Waals surface area contributed by atoms with Crippen molar-refractivity contribution in [2.24, 2.45) is 0 Å². The van der Waals surface area contributed by atoms with E-state index in [0.717, 1.165) is 50.0 Å². The first-order valence-corrected chi connectivity index (χ1v) is 10.2. The highest BCUT2D eigenvalue weighted by Crippen LogP contribution is 2.36. The molecule has 0 spiro atoms. The number of nitrogens with zero attached hydrogens (tertiary/aromatic N) is 1. The number of carbonyl (C=O) groups is 2. The Balaban J connectivity index is 1.49. The van der Waals surface area contributed by atoms with Crippen LogP contribution in [0.1, 0.15) is 74.6 Å². The SMILES string of the molecule is O=C(NC1CCCCCCC1)c1ccc2c(c1)NC(=O)[C@H]1CCCCN21. The minimum absolute atomic E-state index is 0.0200. The van der Waals surface area contributed by atoms with E-state index in [4.69, 9.17) is 0 Å². The largest absolute Gasteiger partial charge is 0.358 e. The van der Waals surface area contributed by atoms with Gasteiger partial charge in [-0.15, -0.1) is 0 Å². The lowest BCUT2D eigenvalue weighted by Crippen LogP contribution is -2.50. The molecule has 1 saturated heterocycles. The Hall–Kier alpha value is -2.04. The first kappa shape index (κ1) is 17.4. The molecule has 3 aliphatic rings. The molecule has 1 aromatic rings. The van der Waals surface area contributed by atoms with E-state index >= 15 is 0 Å². The Bertz CT molecular complexity index is 680. The van der Waals surface area contributed by atoms with Gasteiger partial charge >= 0.3 is 0 Å². The molecule has 4 rings (SSSR count). The van der Waals surface area contributed by atoms with Gasteiger partial charge < -0.3 is 15.5 Å². The van der Waals surface area contributed by atoms with Gasteiger partial charge in [-0.2, -0.15) is 0 Å². The van der Waals surface area contributed by atoms with Gasteiger partial charge in [-0.1, -0.05) is 32.1 Å². The van der Waals surface area contributed by atoms with Gasteiger partial charge in [0.05, 0.1) is 11.4 Å². The van der Waals surface area contributed by atoms with E-state index < -0.39 is 0 Å². The van der Waals surface area contributed by atoms with Crippen molar-refractivity contribution in [3.05, 3.63) is 23.8 Å². The third kappa shape index (κ3) is 3.57. The van der Waals surface area contributed by atoms with Crippen LogP contribution < -0.4 is 15.5 Å². The van der Waals surface area contributed by atoms with E-state index in [0.29, 0.717) is 5.56 Å². The number of fused-ring (bicyclic) bond motifs is 3. The quantitative estimate of drug-likeness (QED) is 0.847. The first-order chi connectivity index (χ1) is 12.7. The molecule has 1 aromatic carbocycles. The standard InChI is InChI=1S/C21H29N3O2/c25-20(22-16-8-4-2-1-3-5-9-16)15-11-12-18-17(14-15)23-21(26)19-10-6-7-13-24(18)19/h11-12,14,16,19H,1-10,13H2,(H,22,25)(H,23,26)/t19-/m1/s1. The van der Waals surface area contributed by atoms with E-state index in [1.54, 1.807) is 0 Å². The van der Waals surface area contributed by atoms with Crippen LogP contribution in [0.4, 0.5) is 11.4 Å². The van der Waals surface area contributed by atoms with Crippen LogP contribution >= 0.6 is 0 Å². The molecule has 2 amide bonds. The van der Waals surface area contributed by atoms with Crippen LogP contribution in [-0.2, 0) is 4.79 Å². The number of benzene rings is 1. The minimum Gasteiger partial charge on any atom is -0.358 e. The minimum atomic E-state index is -0.0501. The molecular weight excluding hydrogens is 326 g/mol. The Morgan fingerprint density at radius 2 is 1.73 bits per heavy atom. The molecule has 2 N–H and O–H groups in total. The molecule has 5 nitrogen and oxygen atoms in total. The summed E-state index contributed by atoms with van der Waals surface area (Å²) in [7, 11) is 0. The zero-order valence-corrected chi connectivity index (χ0v) is 15.4. The lowest BCUT2D eigenvalue weighted by atomic mass is 9.95. The van der Waals surface area contributed by atoms with Crippen molar-refractivity contribution >= 4 is 23.2 Å². The van der Waals surface area contributed by atoms with Gasteiger partial charge in [0.2, 0.25) is 5.91 Å². The number of anilines is 2. The Labute approximate surface area is 155 Å². The van der Waals surface area contributed by atoms with Gasteiger partial charge in [-0.25, -0.2) is 0 Å². The van der Waals surface area contributed by atoms with Gasteiger partial charge in [0.1, 0.15) is 6.04 Å². The summed E-state index contributed by atoms with van der Waals surface area (Å²) in [6.45, 7) is 0.915. The van der Waals surface area contributed by atoms with Crippen LogP contribution in [0.5, 0.6) is 0 Å². The molecule has 2 aliphatic heterocycles. The molecule has 2 heterocycles. The normalized spacial score (nSPS) is 23.9. The summed E-state index contributed by atoms with van der Waals surface area (Å²) in [5.74, 6) is 0.0446. The van der Waals surface area contributed by atoms with Crippen molar-refractivity contribution in [1.29, 1.82) is 0 Å². The van der Waals surface area contributed by atoms with Gasteiger partial charge in [-0.05, 0) is 50.3 Å². The molecule has 1 aliphatic carbocycles. The van der Waals surface area contributed by atoms with Gasteiger partial charge in [0, 0.05) is 18.2 Å². The maximum absolute atomic E-state index is 12.7. The zero-order chi connectivity index (χ0) is 17.9. The maximum Gasteiger partial charge on any atom is 0.251 e. The zero-order valence-electron chi connectivity index (χ0n) is 15.4. The lowest BCUT2D eigenvalue weighted by Gasteiger charge is -2.41. The van der Waals surface area contributed by atoms with E-state index in [1.165, 1.54) is 32.1 Å². The van der Waals surface area contributed by atoms with Crippen molar-refractivity contribution in [2.45, 2.75) is 76.3 Å². The van der Waals surface area contributed by atoms with Crippen molar-refractivity contribution in [2.75, 3.05) is 16.8 Å². The average molecular weight is 355 g/mol. The fourth-order valence-electron chi connectivity index (χ4n) is 4.61. The van der Waals surface area contributed by atoms with E-state index in [2.05, 4.69) is 15.5 Å². The smallest absolute Gasteiger partial charge is 0.251 e. The molecule has 1 saturated carbocycles. The van der Waals surface area contributed by atoms with Crippen molar-refractivity contribution < 1.29 is 9.59 Å². The van der Waals surface area contributed by atoms with Crippen LogP contribution in [0.15, 0.2) is 18.2 Å². The molecule has 0 radical (unpaired) electrons. The number of rotatable bonds is 2. The second-order valence-corrected chi connectivity index (χ2v) is 7.94. The lowest BCUT2D eigenvalue weighted by molar-refractivity contribution is -0.118. The molecule has 2 fully saturated rings. The monoisotopic (exact) mass is 355 g/mol. The van der Waals surface area contributed by atoms with E-state index in [1.807, 2.05) is 18.2 Å². The van der Waals surface area contributed by atoms with Crippen LogP contribution in [-0.4, -0.2) is 30.4 Å². The Kier molecular flexibility index (Phi) is 5.14. The molecular formula is C21H29N3O2. The number of piperidine rings is 1. The van der Waals surface area contributed by atoms with Crippen molar-refractivity contribution in [1.82, 2.24) is 5.32 Å². The van der Waals surface area contributed by atoms with Crippen molar-refractivity contribution in [3.8, 4) is 0 Å². The molecule has 5 heteroatoms. The summed E-state index contributed by atoms with van der Waals surface area (Å²) in [5, 5.41) is 6.23. The Morgan fingerprint density at radius 3 is 2.54 bits per heavy atom. The molecule has 140 valence electrons.